The standard InChI is InChI=1S/C20H19N3O2/c1-2-16(21)20-22-17(11-25-20)19(24)23-18-14-9-5-3-7-12(14)13-8-4-6-10-15(13)18/h3-11,16,18H,2,21H2,1H3,(H,23,24). The summed E-state index contributed by atoms with van der Waals surface area (Å²) in [6.07, 6.45) is 2.07. The van der Waals surface area contributed by atoms with Crippen LogP contribution in [0.5, 0.6) is 0 Å². The Kier molecular flexibility index (Phi) is 3.86. The molecule has 3 aromatic rings. The molecule has 25 heavy (non-hydrogen) atoms. The van der Waals surface area contributed by atoms with E-state index in [1.54, 1.807) is 0 Å². The molecule has 1 aliphatic rings. The van der Waals surface area contributed by atoms with Gasteiger partial charge in [0, 0.05) is 0 Å². The quantitative estimate of drug-likeness (QED) is 0.764. The predicted octanol–water partition coefficient (Wildman–Crippen LogP) is 3.58. The maximum atomic E-state index is 12.7. The molecule has 126 valence electrons. The summed E-state index contributed by atoms with van der Waals surface area (Å²) in [6.45, 7) is 1.95. The Morgan fingerprint density at radius 2 is 1.76 bits per heavy atom. The number of carbonyl (C=O) groups excluding carboxylic acids is 1. The zero-order valence-corrected chi connectivity index (χ0v) is 13.9. The van der Waals surface area contributed by atoms with Crippen molar-refractivity contribution < 1.29 is 9.21 Å². The molecule has 1 aromatic heterocycles. The largest absolute Gasteiger partial charge is 0.446 e. The van der Waals surface area contributed by atoms with E-state index in [0.29, 0.717) is 12.3 Å². The van der Waals surface area contributed by atoms with Crippen molar-refractivity contribution in [3.8, 4) is 11.1 Å². The van der Waals surface area contributed by atoms with Gasteiger partial charge in [0.1, 0.15) is 6.26 Å². The number of hydrogen-bond acceptors (Lipinski definition) is 4. The highest BCUT2D eigenvalue weighted by Gasteiger charge is 2.30. The van der Waals surface area contributed by atoms with Crippen LogP contribution in [0.4, 0.5) is 0 Å². The average molecular weight is 333 g/mol. The highest BCUT2D eigenvalue weighted by atomic mass is 16.3. The van der Waals surface area contributed by atoms with Crippen molar-refractivity contribution in [1.82, 2.24) is 10.3 Å². The summed E-state index contributed by atoms with van der Waals surface area (Å²) in [4.78, 5) is 16.9. The van der Waals surface area contributed by atoms with Gasteiger partial charge in [0.05, 0.1) is 12.1 Å². The van der Waals surface area contributed by atoms with Crippen LogP contribution >= 0.6 is 0 Å². The van der Waals surface area contributed by atoms with Gasteiger partial charge in [0.25, 0.3) is 5.91 Å². The van der Waals surface area contributed by atoms with E-state index in [4.69, 9.17) is 10.2 Å². The summed E-state index contributed by atoms with van der Waals surface area (Å²) in [5.74, 6) is 0.120. The van der Waals surface area contributed by atoms with Crippen LogP contribution in [0.1, 0.15) is 52.9 Å². The molecule has 1 aliphatic carbocycles. The van der Waals surface area contributed by atoms with Gasteiger partial charge in [0.2, 0.25) is 5.89 Å². The fraction of sp³-hybridized carbons (Fsp3) is 0.200. The maximum Gasteiger partial charge on any atom is 0.273 e. The van der Waals surface area contributed by atoms with E-state index < -0.39 is 0 Å². The molecule has 0 fully saturated rings. The number of nitrogens with one attached hydrogen (secondary N) is 1. The molecule has 0 saturated heterocycles. The maximum absolute atomic E-state index is 12.7. The minimum atomic E-state index is -0.297. The van der Waals surface area contributed by atoms with Gasteiger partial charge in [-0.25, -0.2) is 4.98 Å². The monoisotopic (exact) mass is 333 g/mol. The fourth-order valence-corrected chi connectivity index (χ4v) is 3.25. The molecular weight excluding hydrogens is 314 g/mol. The van der Waals surface area contributed by atoms with Gasteiger partial charge in [-0.15, -0.1) is 0 Å². The first-order valence-corrected chi connectivity index (χ1v) is 8.39. The van der Waals surface area contributed by atoms with E-state index in [-0.39, 0.29) is 23.7 Å². The molecule has 1 heterocycles. The van der Waals surface area contributed by atoms with Crippen molar-refractivity contribution in [2.45, 2.75) is 25.4 Å². The van der Waals surface area contributed by atoms with Crippen LogP contribution < -0.4 is 11.1 Å². The normalized spacial score (nSPS) is 14.0. The first-order valence-electron chi connectivity index (χ1n) is 8.39. The topological polar surface area (TPSA) is 81.1 Å². The molecule has 0 aliphatic heterocycles. The number of nitrogens with two attached hydrogens (primary N) is 1. The highest BCUT2D eigenvalue weighted by Crippen LogP contribution is 2.43. The third-order valence-corrected chi connectivity index (χ3v) is 4.62. The SMILES string of the molecule is CCC(N)c1nc(C(=O)NC2c3ccccc3-c3ccccc32)co1. The zero-order valence-electron chi connectivity index (χ0n) is 13.9. The third-order valence-electron chi connectivity index (χ3n) is 4.62. The molecule has 0 bridgehead atoms. The molecular formula is C20H19N3O2. The van der Waals surface area contributed by atoms with Gasteiger partial charge in [-0.2, -0.15) is 0 Å². The summed E-state index contributed by atoms with van der Waals surface area (Å²) in [6, 6.07) is 15.7. The minimum absolute atomic E-state index is 0.195. The zero-order chi connectivity index (χ0) is 17.4. The second kappa shape index (κ2) is 6.18. The first kappa shape index (κ1) is 15.6. The van der Waals surface area contributed by atoms with E-state index in [1.165, 1.54) is 6.26 Å². The molecule has 1 amide bonds. The summed E-state index contributed by atoms with van der Waals surface area (Å²) in [5, 5.41) is 3.08. The number of oxazole rings is 1. The lowest BCUT2D eigenvalue weighted by atomic mass is 10.1. The molecule has 3 N–H and O–H groups in total. The van der Waals surface area contributed by atoms with Gasteiger partial charge >= 0.3 is 0 Å². The number of rotatable bonds is 4. The van der Waals surface area contributed by atoms with Crippen molar-refractivity contribution in [3.63, 3.8) is 0 Å². The molecule has 0 radical (unpaired) electrons. The number of nitrogens with zero attached hydrogens (tertiary/aromatic N) is 1. The number of fused-ring (bicyclic) bond motifs is 3. The van der Waals surface area contributed by atoms with Crippen molar-refractivity contribution in [3.05, 3.63) is 77.5 Å². The van der Waals surface area contributed by atoms with Crippen LogP contribution in [0.15, 0.2) is 59.2 Å². The number of hydrogen-bond donors (Lipinski definition) is 2. The van der Waals surface area contributed by atoms with E-state index in [9.17, 15) is 4.79 Å². The van der Waals surface area contributed by atoms with Gasteiger partial charge in [-0.1, -0.05) is 55.5 Å². The molecule has 1 unspecified atom stereocenters. The van der Waals surface area contributed by atoms with Crippen molar-refractivity contribution in [2.75, 3.05) is 0 Å². The van der Waals surface area contributed by atoms with E-state index in [1.807, 2.05) is 43.3 Å². The average Bonchev–Trinajstić information content (AvgIpc) is 3.26. The van der Waals surface area contributed by atoms with Crippen molar-refractivity contribution in [1.29, 1.82) is 0 Å². The van der Waals surface area contributed by atoms with Crippen LogP contribution in [0.2, 0.25) is 0 Å². The fourth-order valence-electron chi connectivity index (χ4n) is 3.25. The van der Waals surface area contributed by atoms with Crippen LogP contribution in [-0.2, 0) is 0 Å². The molecule has 4 rings (SSSR count). The molecule has 0 saturated carbocycles. The Labute approximate surface area is 145 Å². The van der Waals surface area contributed by atoms with E-state index in [0.717, 1.165) is 22.3 Å². The Hall–Kier alpha value is -2.92. The summed E-state index contributed by atoms with van der Waals surface area (Å²) < 4.78 is 5.34. The number of carbonyl (C=O) groups is 1. The Morgan fingerprint density at radius 3 is 2.36 bits per heavy atom. The van der Waals surface area contributed by atoms with E-state index in [2.05, 4.69) is 22.4 Å². The summed E-state index contributed by atoms with van der Waals surface area (Å²) >= 11 is 0. The van der Waals surface area contributed by atoms with Crippen molar-refractivity contribution in [2.24, 2.45) is 5.73 Å². The highest BCUT2D eigenvalue weighted by molar-refractivity contribution is 5.93. The molecule has 5 heteroatoms. The lowest BCUT2D eigenvalue weighted by Crippen LogP contribution is -2.28. The van der Waals surface area contributed by atoms with Gasteiger partial charge in [0.15, 0.2) is 5.69 Å². The molecule has 5 nitrogen and oxygen atoms in total. The molecule has 0 spiro atoms. The van der Waals surface area contributed by atoms with Crippen LogP contribution in [0.25, 0.3) is 11.1 Å². The Morgan fingerprint density at radius 1 is 1.16 bits per heavy atom. The first-order chi connectivity index (χ1) is 12.2. The molecule has 1 atom stereocenters. The second-order valence-electron chi connectivity index (χ2n) is 6.17. The van der Waals surface area contributed by atoms with Gasteiger partial charge < -0.3 is 15.5 Å². The van der Waals surface area contributed by atoms with Crippen LogP contribution in [-0.4, -0.2) is 10.9 Å². The number of benzene rings is 2. The predicted molar refractivity (Wildman–Crippen MR) is 94.9 cm³/mol. The van der Waals surface area contributed by atoms with Crippen LogP contribution in [0, 0.1) is 0 Å². The van der Waals surface area contributed by atoms with E-state index >= 15 is 0 Å². The summed E-state index contributed by atoms with van der Waals surface area (Å²) in [7, 11) is 0. The third kappa shape index (κ3) is 2.62. The smallest absolute Gasteiger partial charge is 0.273 e. The molecule has 2 aromatic carbocycles. The lowest BCUT2D eigenvalue weighted by molar-refractivity contribution is 0.0938. The lowest BCUT2D eigenvalue weighted by Gasteiger charge is -2.14. The Bertz CT molecular complexity index is 886. The second-order valence-corrected chi connectivity index (χ2v) is 6.17. The van der Waals surface area contributed by atoms with Crippen molar-refractivity contribution >= 4 is 5.91 Å². The summed E-state index contributed by atoms with van der Waals surface area (Å²) in [5.41, 5.74) is 10.6. The number of amides is 1. The van der Waals surface area contributed by atoms with Gasteiger partial charge in [-0.3, -0.25) is 4.79 Å². The number of aromatic nitrogens is 1. The van der Waals surface area contributed by atoms with Gasteiger partial charge in [-0.05, 0) is 28.7 Å². The Balaban J connectivity index is 1.64. The van der Waals surface area contributed by atoms with Crippen LogP contribution in [0.3, 0.4) is 0 Å². The minimum Gasteiger partial charge on any atom is -0.446 e.